The van der Waals surface area contributed by atoms with Crippen molar-refractivity contribution in [3.8, 4) is 11.1 Å². The Morgan fingerprint density at radius 2 is 1.96 bits per heavy atom. The standard InChI is InChI=1S/C19H20N4O/c1-13-6-4-5-7-16(13)17-10-15(12-23-9-8-21-14(23)2)22-11-18(17)19(24)20-3/h4-11H,12H2,1-3H3,(H,20,24). The van der Waals surface area contributed by atoms with Crippen LogP contribution in [0.15, 0.2) is 48.9 Å². The Kier molecular flexibility index (Phi) is 4.42. The van der Waals surface area contributed by atoms with Crippen molar-refractivity contribution in [2.75, 3.05) is 7.05 Å². The monoisotopic (exact) mass is 320 g/mol. The summed E-state index contributed by atoms with van der Waals surface area (Å²) in [6.45, 7) is 4.63. The van der Waals surface area contributed by atoms with E-state index in [0.29, 0.717) is 12.1 Å². The number of imidazole rings is 1. The molecular weight excluding hydrogens is 300 g/mol. The maximum absolute atomic E-state index is 12.2. The number of pyridine rings is 1. The average Bonchev–Trinajstić information content (AvgIpc) is 2.99. The first-order chi connectivity index (χ1) is 11.6. The molecule has 24 heavy (non-hydrogen) atoms. The van der Waals surface area contributed by atoms with Gasteiger partial charge in [0.1, 0.15) is 5.82 Å². The van der Waals surface area contributed by atoms with Crippen LogP contribution in [-0.2, 0) is 6.54 Å². The first-order valence-corrected chi connectivity index (χ1v) is 7.85. The van der Waals surface area contributed by atoms with Crippen molar-refractivity contribution >= 4 is 5.91 Å². The van der Waals surface area contributed by atoms with Crippen LogP contribution in [-0.4, -0.2) is 27.5 Å². The Labute approximate surface area is 141 Å². The van der Waals surface area contributed by atoms with Crippen molar-refractivity contribution in [2.45, 2.75) is 20.4 Å². The van der Waals surface area contributed by atoms with Gasteiger partial charge in [0.15, 0.2) is 0 Å². The highest BCUT2D eigenvalue weighted by molar-refractivity contribution is 6.00. The first-order valence-electron chi connectivity index (χ1n) is 7.85. The minimum absolute atomic E-state index is 0.133. The summed E-state index contributed by atoms with van der Waals surface area (Å²) in [5.74, 6) is 0.802. The van der Waals surface area contributed by atoms with Crippen molar-refractivity contribution < 1.29 is 4.79 Å². The third-order valence-electron chi connectivity index (χ3n) is 4.12. The Bertz CT molecular complexity index is 883. The van der Waals surface area contributed by atoms with E-state index in [4.69, 9.17) is 0 Å². The van der Waals surface area contributed by atoms with Crippen molar-refractivity contribution in [3.05, 3.63) is 71.6 Å². The van der Waals surface area contributed by atoms with E-state index in [1.807, 2.05) is 54.9 Å². The summed E-state index contributed by atoms with van der Waals surface area (Å²) >= 11 is 0. The van der Waals surface area contributed by atoms with Gasteiger partial charge in [0, 0.05) is 25.6 Å². The van der Waals surface area contributed by atoms with Gasteiger partial charge in [0.25, 0.3) is 5.91 Å². The third kappa shape index (κ3) is 3.06. The maximum atomic E-state index is 12.2. The fraction of sp³-hybridized carbons (Fsp3) is 0.211. The lowest BCUT2D eigenvalue weighted by molar-refractivity contribution is 0.0963. The van der Waals surface area contributed by atoms with Crippen LogP contribution in [0.5, 0.6) is 0 Å². The molecule has 0 radical (unpaired) electrons. The molecule has 1 aromatic carbocycles. The van der Waals surface area contributed by atoms with E-state index in [-0.39, 0.29) is 5.91 Å². The second-order valence-corrected chi connectivity index (χ2v) is 5.72. The van der Waals surface area contributed by atoms with Crippen LogP contribution in [0, 0.1) is 13.8 Å². The van der Waals surface area contributed by atoms with Crippen LogP contribution in [0.3, 0.4) is 0 Å². The number of nitrogens with zero attached hydrogens (tertiary/aromatic N) is 3. The van der Waals surface area contributed by atoms with E-state index in [1.54, 1.807) is 19.4 Å². The minimum atomic E-state index is -0.133. The molecule has 0 aliphatic heterocycles. The average molecular weight is 320 g/mol. The second kappa shape index (κ2) is 6.66. The highest BCUT2D eigenvalue weighted by Gasteiger charge is 2.15. The number of aromatic nitrogens is 3. The summed E-state index contributed by atoms with van der Waals surface area (Å²) in [5.41, 5.74) is 4.54. The Hall–Kier alpha value is -2.95. The molecule has 5 heteroatoms. The maximum Gasteiger partial charge on any atom is 0.253 e. The summed E-state index contributed by atoms with van der Waals surface area (Å²) in [4.78, 5) is 20.9. The van der Waals surface area contributed by atoms with E-state index in [2.05, 4.69) is 15.3 Å². The number of aryl methyl sites for hydroxylation is 2. The lowest BCUT2D eigenvalue weighted by Crippen LogP contribution is -2.19. The highest BCUT2D eigenvalue weighted by Crippen LogP contribution is 2.27. The minimum Gasteiger partial charge on any atom is -0.355 e. The molecule has 0 bridgehead atoms. The van der Waals surface area contributed by atoms with E-state index in [1.165, 1.54) is 0 Å². The van der Waals surface area contributed by atoms with Crippen molar-refractivity contribution in [1.29, 1.82) is 0 Å². The fourth-order valence-corrected chi connectivity index (χ4v) is 2.74. The van der Waals surface area contributed by atoms with Crippen LogP contribution in [0.1, 0.15) is 27.4 Å². The van der Waals surface area contributed by atoms with Gasteiger partial charge in [-0.15, -0.1) is 0 Å². The molecule has 0 saturated heterocycles. The third-order valence-corrected chi connectivity index (χ3v) is 4.12. The van der Waals surface area contributed by atoms with Gasteiger partial charge < -0.3 is 9.88 Å². The van der Waals surface area contributed by atoms with Crippen LogP contribution in [0.25, 0.3) is 11.1 Å². The zero-order valence-corrected chi connectivity index (χ0v) is 14.1. The van der Waals surface area contributed by atoms with E-state index in [0.717, 1.165) is 28.2 Å². The molecule has 1 N–H and O–H groups in total. The van der Waals surface area contributed by atoms with Gasteiger partial charge in [-0.3, -0.25) is 9.78 Å². The largest absolute Gasteiger partial charge is 0.355 e. The molecule has 0 aliphatic carbocycles. The van der Waals surface area contributed by atoms with Gasteiger partial charge in [-0.2, -0.15) is 0 Å². The fourth-order valence-electron chi connectivity index (χ4n) is 2.74. The van der Waals surface area contributed by atoms with E-state index in [9.17, 15) is 4.79 Å². The zero-order chi connectivity index (χ0) is 17.1. The van der Waals surface area contributed by atoms with Gasteiger partial charge in [-0.05, 0) is 36.6 Å². The van der Waals surface area contributed by atoms with Gasteiger partial charge in [-0.25, -0.2) is 4.98 Å². The van der Waals surface area contributed by atoms with Gasteiger partial charge in [0.2, 0.25) is 0 Å². The number of rotatable bonds is 4. The molecule has 0 atom stereocenters. The molecule has 2 aromatic heterocycles. The van der Waals surface area contributed by atoms with Crippen LogP contribution < -0.4 is 5.32 Å². The molecule has 1 amide bonds. The molecule has 122 valence electrons. The number of hydrogen-bond donors (Lipinski definition) is 1. The summed E-state index contributed by atoms with van der Waals surface area (Å²) in [5, 5.41) is 2.69. The predicted molar refractivity (Wildman–Crippen MR) is 93.9 cm³/mol. The smallest absolute Gasteiger partial charge is 0.253 e. The molecule has 0 spiro atoms. The predicted octanol–water partition coefficient (Wildman–Crippen LogP) is 2.97. The number of carbonyl (C=O) groups excluding carboxylic acids is 1. The Morgan fingerprint density at radius 1 is 1.17 bits per heavy atom. The lowest BCUT2D eigenvalue weighted by Gasteiger charge is -2.13. The summed E-state index contributed by atoms with van der Waals surface area (Å²) in [7, 11) is 1.63. The zero-order valence-electron chi connectivity index (χ0n) is 14.1. The van der Waals surface area contributed by atoms with Crippen LogP contribution in [0.4, 0.5) is 0 Å². The highest BCUT2D eigenvalue weighted by atomic mass is 16.1. The van der Waals surface area contributed by atoms with Crippen molar-refractivity contribution in [2.24, 2.45) is 0 Å². The topological polar surface area (TPSA) is 59.8 Å². The van der Waals surface area contributed by atoms with E-state index >= 15 is 0 Å². The van der Waals surface area contributed by atoms with Crippen LogP contribution >= 0.6 is 0 Å². The molecule has 0 aliphatic rings. The number of carbonyl (C=O) groups is 1. The molecule has 0 saturated carbocycles. The molecule has 0 unspecified atom stereocenters. The van der Waals surface area contributed by atoms with Gasteiger partial charge in [-0.1, -0.05) is 24.3 Å². The normalized spacial score (nSPS) is 10.6. The molecule has 0 fully saturated rings. The molecule has 3 rings (SSSR count). The molecular formula is C19H20N4O. The number of hydrogen-bond acceptors (Lipinski definition) is 3. The van der Waals surface area contributed by atoms with Gasteiger partial charge >= 0.3 is 0 Å². The summed E-state index contributed by atoms with van der Waals surface area (Å²) in [6.07, 6.45) is 5.36. The SMILES string of the molecule is CNC(=O)c1cnc(Cn2ccnc2C)cc1-c1ccccc1C. The van der Waals surface area contributed by atoms with Crippen molar-refractivity contribution in [3.63, 3.8) is 0 Å². The summed E-state index contributed by atoms with van der Waals surface area (Å²) < 4.78 is 2.03. The molecule has 2 heterocycles. The van der Waals surface area contributed by atoms with Crippen LogP contribution in [0.2, 0.25) is 0 Å². The van der Waals surface area contributed by atoms with E-state index < -0.39 is 0 Å². The van der Waals surface area contributed by atoms with Gasteiger partial charge in [0.05, 0.1) is 17.8 Å². The summed E-state index contributed by atoms with van der Waals surface area (Å²) in [6, 6.07) is 10.0. The lowest BCUT2D eigenvalue weighted by atomic mass is 9.96. The van der Waals surface area contributed by atoms with Crippen molar-refractivity contribution in [1.82, 2.24) is 19.9 Å². The number of amides is 1. The Balaban J connectivity index is 2.09. The quantitative estimate of drug-likeness (QED) is 0.804. The number of benzene rings is 1. The number of nitrogens with one attached hydrogen (secondary N) is 1. The Morgan fingerprint density at radius 3 is 2.62 bits per heavy atom. The first kappa shape index (κ1) is 15.9. The molecule has 3 aromatic rings. The second-order valence-electron chi connectivity index (χ2n) is 5.72. The molecule has 5 nitrogen and oxygen atoms in total.